The lowest BCUT2D eigenvalue weighted by Crippen LogP contribution is -2.40. The molecule has 0 atom stereocenters. The van der Waals surface area contributed by atoms with Crippen molar-refractivity contribution in [3.8, 4) is 5.75 Å². The van der Waals surface area contributed by atoms with Gasteiger partial charge in [-0.05, 0) is 49.1 Å². The van der Waals surface area contributed by atoms with E-state index in [1.807, 2.05) is 24.3 Å². The van der Waals surface area contributed by atoms with Gasteiger partial charge in [0.2, 0.25) is 5.95 Å². The monoisotopic (exact) mass is 351 g/mol. The quantitative estimate of drug-likeness (QED) is 0.714. The standard InChI is InChI=1S/C20H25N5O/c1-26-17-6-4-15(5-7-17)8-12-25-13-9-16(10-14-25)22-20-23-18-3-2-11-21-19(18)24-20/h2-7,11,16H,8-10,12-14H2,1H3,(H2,21,22,23,24). The number of likely N-dealkylation sites (tertiary alicyclic amines) is 1. The number of imidazole rings is 1. The largest absolute Gasteiger partial charge is 0.497 e. The molecule has 1 fully saturated rings. The average molecular weight is 351 g/mol. The number of aromatic amines is 1. The number of pyridine rings is 1. The van der Waals surface area contributed by atoms with Crippen molar-refractivity contribution in [2.75, 3.05) is 32.1 Å². The highest BCUT2D eigenvalue weighted by Gasteiger charge is 2.19. The predicted molar refractivity (Wildman–Crippen MR) is 104 cm³/mol. The number of fused-ring (bicyclic) bond motifs is 1. The van der Waals surface area contributed by atoms with Crippen molar-refractivity contribution < 1.29 is 4.74 Å². The minimum Gasteiger partial charge on any atom is -0.497 e. The maximum Gasteiger partial charge on any atom is 0.202 e. The van der Waals surface area contributed by atoms with Crippen molar-refractivity contribution in [1.82, 2.24) is 19.9 Å². The van der Waals surface area contributed by atoms with E-state index in [9.17, 15) is 0 Å². The Morgan fingerprint density at radius 2 is 2.00 bits per heavy atom. The number of rotatable bonds is 6. The fourth-order valence-electron chi connectivity index (χ4n) is 3.49. The van der Waals surface area contributed by atoms with E-state index in [0.717, 1.165) is 61.8 Å². The number of aromatic nitrogens is 3. The zero-order valence-electron chi connectivity index (χ0n) is 15.1. The molecule has 26 heavy (non-hydrogen) atoms. The molecule has 0 bridgehead atoms. The lowest BCUT2D eigenvalue weighted by atomic mass is 10.0. The highest BCUT2D eigenvalue weighted by atomic mass is 16.5. The molecule has 0 amide bonds. The summed E-state index contributed by atoms with van der Waals surface area (Å²) < 4.78 is 5.21. The second-order valence-corrected chi connectivity index (χ2v) is 6.81. The molecule has 1 aliphatic rings. The minimum atomic E-state index is 0.466. The van der Waals surface area contributed by atoms with E-state index in [-0.39, 0.29) is 0 Å². The molecule has 0 radical (unpaired) electrons. The van der Waals surface area contributed by atoms with E-state index in [1.165, 1.54) is 5.56 Å². The van der Waals surface area contributed by atoms with Crippen molar-refractivity contribution in [1.29, 1.82) is 0 Å². The summed E-state index contributed by atoms with van der Waals surface area (Å²) in [6.45, 7) is 3.34. The van der Waals surface area contributed by atoms with Crippen LogP contribution in [0.3, 0.4) is 0 Å². The number of benzene rings is 1. The van der Waals surface area contributed by atoms with Crippen LogP contribution < -0.4 is 10.1 Å². The van der Waals surface area contributed by atoms with Gasteiger partial charge < -0.3 is 19.9 Å². The smallest absolute Gasteiger partial charge is 0.202 e. The first-order valence-electron chi connectivity index (χ1n) is 9.23. The van der Waals surface area contributed by atoms with Crippen LogP contribution >= 0.6 is 0 Å². The molecule has 0 unspecified atom stereocenters. The van der Waals surface area contributed by atoms with Gasteiger partial charge in [-0.25, -0.2) is 9.97 Å². The van der Waals surface area contributed by atoms with Crippen LogP contribution in [0.1, 0.15) is 18.4 Å². The fraction of sp³-hybridized carbons (Fsp3) is 0.400. The van der Waals surface area contributed by atoms with Gasteiger partial charge in [-0.15, -0.1) is 0 Å². The highest BCUT2D eigenvalue weighted by molar-refractivity contribution is 5.72. The van der Waals surface area contributed by atoms with Crippen molar-refractivity contribution in [2.24, 2.45) is 0 Å². The van der Waals surface area contributed by atoms with Crippen LogP contribution in [0.5, 0.6) is 5.75 Å². The van der Waals surface area contributed by atoms with Crippen LogP contribution in [-0.2, 0) is 6.42 Å². The van der Waals surface area contributed by atoms with Gasteiger partial charge >= 0.3 is 0 Å². The molecule has 136 valence electrons. The number of methoxy groups -OCH3 is 1. The molecule has 0 aliphatic carbocycles. The van der Waals surface area contributed by atoms with E-state index in [2.05, 4.69) is 37.3 Å². The summed E-state index contributed by atoms with van der Waals surface area (Å²) in [5.41, 5.74) is 3.11. The number of hydrogen-bond donors (Lipinski definition) is 2. The first-order valence-corrected chi connectivity index (χ1v) is 9.23. The van der Waals surface area contributed by atoms with E-state index in [0.29, 0.717) is 6.04 Å². The molecular formula is C20H25N5O. The molecule has 6 nitrogen and oxygen atoms in total. The zero-order chi connectivity index (χ0) is 17.8. The van der Waals surface area contributed by atoms with E-state index < -0.39 is 0 Å². The maximum absolute atomic E-state index is 5.21. The molecule has 0 saturated carbocycles. The van der Waals surface area contributed by atoms with Crippen LogP contribution in [-0.4, -0.2) is 52.6 Å². The molecule has 0 spiro atoms. The third-order valence-corrected chi connectivity index (χ3v) is 5.06. The van der Waals surface area contributed by atoms with Crippen molar-refractivity contribution in [3.05, 3.63) is 48.2 Å². The van der Waals surface area contributed by atoms with Gasteiger partial charge in [-0.2, -0.15) is 0 Å². The van der Waals surface area contributed by atoms with Gasteiger partial charge in [-0.3, -0.25) is 0 Å². The highest BCUT2D eigenvalue weighted by Crippen LogP contribution is 2.18. The Morgan fingerprint density at radius 3 is 2.73 bits per heavy atom. The molecule has 1 saturated heterocycles. The Balaban J connectivity index is 1.24. The van der Waals surface area contributed by atoms with Crippen molar-refractivity contribution >= 4 is 17.1 Å². The summed E-state index contributed by atoms with van der Waals surface area (Å²) in [5, 5.41) is 3.53. The van der Waals surface area contributed by atoms with Gasteiger partial charge in [-0.1, -0.05) is 12.1 Å². The summed E-state index contributed by atoms with van der Waals surface area (Å²) >= 11 is 0. The fourth-order valence-corrected chi connectivity index (χ4v) is 3.49. The molecule has 6 heteroatoms. The van der Waals surface area contributed by atoms with Gasteiger partial charge in [0.05, 0.1) is 7.11 Å². The van der Waals surface area contributed by atoms with Gasteiger partial charge in [0.1, 0.15) is 11.3 Å². The summed E-state index contributed by atoms with van der Waals surface area (Å²) in [6, 6.07) is 12.7. The molecule has 4 rings (SSSR count). The number of H-pyrrole nitrogens is 1. The summed E-state index contributed by atoms with van der Waals surface area (Å²) in [7, 11) is 1.70. The van der Waals surface area contributed by atoms with Crippen LogP contribution in [0.25, 0.3) is 11.2 Å². The number of piperidine rings is 1. The Labute approximate surface area is 153 Å². The third kappa shape index (κ3) is 3.96. The Kier molecular flexibility index (Phi) is 5.02. The van der Waals surface area contributed by atoms with Gasteiger partial charge in [0.15, 0.2) is 5.65 Å². The normalized spacial score (nSPS) is 16.0. The second-order valence-electron chi connectivity index (χ2n) is 6.81. The Hall–Kier alpha value is -2.60. The van der Waals surface area contributed by atoms with Crippen LogP contribution in [0, 0.1) is 0 Å². The lowest BCUT2D eigenvalue weighted by molar-refractivity contribution is 0.221. The predicted octanol–water partition coefficient (Wildman–Crippen LogP) is 3.09. The third-order valence-electron chi connectivity index (χ3n) is 5.06. The van der Waals surface area contributed by atoms with Gasteiger partial charge in [0.25, 0.3) is 0 Å². The Bertz CT molecular complexity index is 804. The van der Waals surface area contributed by atoms with Crippen LogP contribution in [0.2, 0.25) is 0 Å². The second kappa shape index (κ2) is 7.74. The Morgan fingerprint density at radius 1 is 1.19 bits per heavy atom. The number of ether oxygens (including phenoxy) is 1. The molecule has 2 N–H and O–H groups in total. The molecular weight excluding hydrogens is 326 g/mol. The summed E-state index contributed by atoms with van der Waals surface area (Å²) in [5.74, 6) is 1.75. The molecule has 3 heterocycles. The van der Waals surface area contributed by atoms with E-state index in [4.69, 9.17) is 4.74 Å². The van der Waals surface area contributed by atoms with Crippen molar-refractivity contribution in [3.63, 3.8) is 0 Å². The summed E-state index contributed by atoms with van der Waals surface area (Å²) in [6.07, 6.45) is 5.13. The van der Waals surface area contributed by atoms with Crippen molar-refractivity contribution in [2.45, 2.75) is 25.3 Å². The van der Waals surface area contributed by atoms with E-state index >= 15 is 0 Å². The van der Waals surface area contributed by atoms with Crippen LogP contribution in [0.4, 0.5) is 5.95 Å². The number of nitrogens with zero attached hydrogens (tertiary/aromatic N) is 3. The zero-order valence-corrected chi connectivity index (χ0v) is 15.1. The molecule has 3 aromatic rings. The molecule has 1 aliphatic heterocycles. The van der Waals surface area contributed by atoms with Gasteiger partial charge in [0, 0.05) is 31.9 Å². The van der Waals surface area contributed by atoms with E-state index in [1.54, 1.807) is 13.3 Å². The van der Waals surface area contributed by atoms with Crippen LogP contribution in [0.15, 0.2) is 42.6 Å². The number of hydrogen-bond acceptors (Lipinski definition) is 5. The SMILES string of the molecule is COc1ccc(CCN2CCC(Nc3nc4cccnc4[nH]3)CC2)cc1. The average Bonchev–Trinajstić information content (AvgIpc) is 3.10. The molecule has 2 aromatic heterocycles. The topological polar surface area (TPSA) is 66.1 Å². The first-order chi connectivity index (χ1) is 12.8. The summed E-state index contributed by atoms with van der Waals surface area (Å²) in [4.78, 5) is 14.7. The first kappa shape index (κ1) is 16.8. The number of nitrogens with one attached hydrogen (secondary N) is 2. The number of anilines is 1. The minimum absolute atomic E-state index is 0.466. The maximum atomic E-state index is 5.21. The molecule has 1 aromatic carbocycles. The lowest BCUT2D eigenvalue weighted by Gasteiger charge is -2.32.